The number of rotatable bonds is 8. The van der Waals surface area contributed by atoms with Crippen LogP contribution in [0.4, 0.5) is 23.3 Å². The predicted molar refractivity (Wildman–Crippen MR) is 122 cm³/mol. The molecule has 0 saturated carbocycles. The standard InChI is InChI=1S/C22H22N8O2/c1-31-10-11-32-20-6-2-5-18(26-20)25-19-13-24-21-22(27-19)30(29-28-21)14-15-7-8-17-16(12-15)4-3-9-23-17/h2-9,12-13,29H,10-11,14H2,1H3,(H,24,28)(H,25,26,27). The quantitative estimate of drug-likeness (QED) is 0.361. The van der Waals surface area contributed by atoms with Crippen molar-refractivity contribution in [1.82, 2.24) is 25.5 Å². The smallest absolute Gasteiger partial charge is 0.215 e. The van der Waals surface area contributed by atoms with Crippen molar-refractivity contribution >= 4 is 34.2 Å². The number of ether oxygens (including phenoxy) is 2. The number of benzene rings is 1. The van der Waals surface area contributed by atoms with Crippen LogP contribution in [0, 0.1) is 0 Å². The summed E-state index contributed by atoms with van der Waals surface area (Å²) in [7, 11) is 1.63. The van der Waals surface area contributed by atoms with E-state index in [1.807, 2.05) is 29.3 Å². The average Bonchev–Trinajstić information content (AvgIpc) is 3.21. The lowest BCUT2D eigenvalue weighted by Crippen LogP contribution is -2.35. The molecule has 1 aliphatic rings. The van der Waals surface area contributed by atoms with Crippen LogP contribution in [-0.4, -0.2) is 40.3 Å². The van der Waals surface area contributed by atoms with Gasteiger partial charge in [-0.1, -0.05) is 18.2 Å². The fourth-order valence-electron chi connectivity index (χ4n) is 3.34. The van der Waals surface area contributed by atoms with Crippen molar-refractivity contribution in [3.05, 3.63) is 66.5 Å². The van der Waals surface area contributed by atoms with E-state index in [4.69, 9.17) is 14.5 Å². The molecule has 162 valence electrons. The first-order valence-electron chi connectivity index (χ1n) is 10.1. The van der Waals surface area contributed by atoms with Gasteiger partial charge in [-0.25, -0.2) is 9.97 Å². The first kappa shape index (κ1) is 19.9. The second-order valence-electron chi connectivity index (χ2n) is 7.11. The largest absolute Gasteiger partial charge is 0.475 e. The maximum absolute atomic E-state index is 5.57. The number of hydrogen-bond acceptors (Lipinski definition) is 10. The number of hydrazine groups is 2. The molecule has 0 aliphatic carbocycles. The van der Waals surface area contributed by atoms with E-state index in [1.165, 1.54) is 0 Å². The minimum Gasteiger partial charge on any atom is -0.475 e. The Kier molecular flexibility index (Phi) is 5.60. The van der Waals surface area contributed by atoms with Gasteiger partial charge in [0.05, 0.1) is 24.9 Å². The highest BCUT2D eigenvalue weighted by molar-refractivity contribution is 5.79. The number of nitrogens with zero attached hydrogens (tertiary/aromatic N) is 5. The molecule has 0 fully saturated rings. The molecule has 10 heteroatoms. The first-order valence-corrected chi connectivity index (χ1v) is 10.1. The van der Waals surface area contributed by atoms with Crippen molar-refractivity contribution < 1.29 is 9.47 Å². The molecule has 0 unspecified atom stereocenters. The van der Waals surface area contributed by atoms with Crippen LogP contribution in [0.1, 0.15) is 5.56 Å². The van der Waals surface area contributed by atoms with Gasteiger partial charge >= 0.3 is 0 Å². The Morgan fingerprint density at radius 2 is 1.97 bits per heavy atom. The van der Waals surface area contributed by atoms with Crippen molar-refractivity contribution in [2.75, 3.05) is 36.1 Å². The number of fused-ring (bicyclic) bond motifs is 2. The lowest BCUT2D eigenvalue weighted by Gasteiger charge is -2.17. The van der Waals surface area contributed by atoms with E-state index in [2.05, 4.69) is 49.4 Å². The zero-order valence-electron chi connectivity index (χ0n) is 17.4. The Hall–Kier alpha value is -4.02. The molecule has 1 aromatic carbocycles. The molecule has 3 aromatic heterocycles. The molecule has 4 heterocycles. The molecule has 0 radical (unpaired) electrons. The Balaban J connectivity index is 1.31. The van der Waals surface area contributed by atoms with Crippen molar-refractivity contribution in [2.24, 2.45) is 0 Å². The maximum atomic E-state index is 5.57. The van der Waals surface area contributed by atoms with Gasteiger partial charge in [-0.3, -0.25) is 15.4 Å². The Bertz CT molecular complexity index is 1240. The van der Waals surface area contributed by atoms with Crippen molar-refractivity contribution in [3.8, 4) is 5.88 Å². The van der Waals surface area contributed by atoms with Crippen LogP contribution in [0.5, 0.6) is 5.88 Å². The highest BCUT2D eigenvalue weighted by Crippen LogP contribution is 2.28. The average molecular weight is 430 g/mol. The molecule has 0 amide bonds. The second-order valence-corrected chi connectivity index (χ2v) is 7.11. The normalized spacial score (nSPS) is 12.5. The van der Waals surface area contributed by atoms with Crippen LogP contribution in [0.3, 0.4) is 0 Å². The van der Waals surface area contributed by atoms with Crippen LogP contribution in [0.2, 0.25) is 0 Å². The van der Waals surface area contributed by atoms with Gasteiger partial charge in [0, 0.05) is 24.8 Å². The third kappa shape index (κ3) is 4.36. The van der Waals surface area contributed by atoms with Gasteiger partial charge < -0.3 is 14.8 Å². The Morgan fingerprint density at radius 3 is 2.91 bits per heavy atom. The summed E-state index contributed by atoms with van der Waals surface area (Å²) in [6, 6.07) is 15.7. The second kappa shape index (κ2) is 9.00. The van der Waals surface area contributed by atoms with E-state index in [-0.39, 0.29) is 0 Å². The summed E-state index contributed by atoms with van der Waals surface area (Å²) in [5.41, 5.74) is 8.26. The fourth-order valence-corrected chi connectivity index (χ4v) is 3.34. The van der Waals surface area contributed by atoms with Gasteiger partial charge in [0.15, 0.2) is 17.5 Å². The number of anilines is 4. The predicted octanol–water partition coefficient (Wildman–Crippen LogP) is 3.04. The van der Waals surface area contributed by atoms with Crippen LogP contribution in [0.25, 0.3) is 10.9 Å². The SMILES string of the molecule is COCCOc1cccc(Nc2cnc3c(n2)N(Cc2ccc4ncccc4c2)NN3)n1. The first-order chi connectivity index (χ1) is 15.8. The number of methoxy groups -OCH3 is 1. The van der Waals surface area contributed by atoms with Gasteiger partial charge in [-0.15, -0.1) is 5.53 Å². The van der Waals surface area contributed by atoms with E-state index in [0.717, 1.165) is 16.5 Å². The number of aromatic nitrogens is 4. The molecule has 10 nitrogen and oxygen atoms in total. The fraction of sp³-hybridized carbons (Fsp3) is 0.182. The number of pyridine rings is 2. The lowest BCUT2D eigenvalue weighted by atomic mass is 10.1. The molecule has 4 aromatic rings. The summed E-state index contributed by atoms with van der Waals surface area (Å²) in [5.74, 6) is 3.04. The maximum Gasteiger partial charge on any atom is 0.215 e. The van der Waals surface area contributed by atoms with Crippen LogP contribution in [0.15, 0.2) is 60.9 Å². The zero-order valence-corrected chi connectivity index (χ0v) is 17.4. The number of hydrogen-bond donors (Lipinski definition) is 3. The molecular weight excluding hydrogens is 408 g/mol. The van der Waals surface area contributed by atoms with Gasteiger partial charge in [0.1, 0.15) is 12.4 Å². The molecule has 0 atom stereocenters. The summed E-state index contributed by atoms with van der Waals surface area (Å²) in [6.07, 6.45) is 3.45. The number of nitrogens with one attached hydrogen (secondary N) is 3. The van der Waals surface area contributed by atoms with Crippen LogP contribution in [-0.2, 0) is 11.3 Å². The monoisotopic (exact) mass is 430 g/mol. The summed E-state index contributed by atoms with van der Waals surface area (Å²) >= 11 is 0. The highest BCUT2D eigenvalue weighted by Gasteiger charge is 2.22. The van der Waals surface area contributed by atoms with E-state index in [1.54, 1.807) is 25.6 Å². The summed E-state index contributed by atoms with van der Waals surface area (Å²) in [6.45, 7) is 1.53. The summed E-state index contributed by atoms with van der Waals surface area (Å²) < 4.78 is 10.6. The third-order valence-corrected chi connectivity index (χ3v) is 4.84. The molecule has 0 saturated heterocycles. The molecule has 32 heavy (non-hydrogen) atoms. The van der Waals surface area contributed by atoms with Crippen molar-refractivity contribution in [2.45, 2.75) is 6.54 Å². The summed E-state index contributed by atoms with van der Waals surface area (Å²) in [5, 5.41) is 6.19. The van der Waals surface area contributed by atoms with Crippen molar-refractivity contribution in [1.29, 1.82) is 0 Å². The zero-order chi connectivity index (χ0) is 21.8. The van der Waals surface area contributed by atoms with E-state index < -0.39 is 0 Å². The minimum absolute atomic E-state index is 0.433. The van der Waals surface area contributed by atoms with Gasteiger partial charge in [0.25, 0.3) is 0 Å². The molecule has 3 N–H and O–H groups in total. The van der Waals surface area contributed by atoms with Gasteiger partial charge in [0.2, 0.25) is 5.88 Å². The van der Waals surface area contributed by atoms with E-state index in [0.29, 0.717) is 48.9 Å². The molecular formula is C22H22N8O2. The third-order valence-electron chi connectivity index (χ3n) is 4.84. The summed E-state index contributed by atoms with van der Waals surface area (Å²) in [4.78, 5) is 18.0. The van der Waals surface area contributed by atoms with Crippen molar-refractivity contribution in [3.63, 3.8) is 0 Å². The molecule has 0 bridgehead atoms. The van der Waals surface area contributed by atoms with E-state index >= 15 is 0 Å². The molecule has 1 aliphatic heterocycles. The Morgan fingerprint density at radius 1 is 1.00 bits per heavy atom. The van der Waals surface area contributed by atoms with Crippen LogP contribution < -0.4 is 26.0 Å². The topological polar surface area (TPSA) is 109 Å². The van der Waals surface area contributed by atoms with Gasteiger partial charge in [-0.2, -0.15) is 4.98 Å². The van der Waals surface area contributed by atoms with Gasteiger partial charge in [-0.05, 0) is 29.8 Å². The van der Waals surface area contributed by atoms with Crippen LogP contribution >= 0.6 is 0 Å². The molecule has 0 spiro atoms. The lowest BCUT2D eigenvalue weighted by molar-refractivity contribution is 0.144. The molecule has 5 rings (SSSR count). The Labute approximate surface area is 184 Å². The minimum atomic E-state index is 0.433. The highest BCUT2D eigenvalue weighted by atomic mass is 16.5. The van der Waals surface area contributed by atoms with E-state index in [9.17, 15) is 0 Å².